The highest BCUT2D eigenvalue weighted by atomic mass is 16.5. The molecule has 154 valence electrons. The molecule has 2 aliphatic heterocycles. The van der Waals surface area contributed by atoms with Crippen molar-refractivity contribution >= 4 is 18.0 Å². The molecule has 0 saturated carbocycles. The molecule has 2 aromatic rings. The maximum absolute atomic E-state index is 12.3. The fraction of sp³-hybridized carbons (Fsp3) is 0.455. The summed E-state index contributed by atoms with van der Waals surface area (Å²) in [7, 11) is 0. The predicted octanol–water partition coefficient (Wildman–Crippen LogP) is 2.87. The number of carbonyl (C=O) groups is 1. The molecule has 0 unspecified atom stereocenters. The molecule has 0 bridgehead atoms. The summed E-state index contributed by atoms with van der Waals surface area (Å²) in [5, 5.41) is 4.03. The lowest BCUT2D eigenvalue weighted by molar-refractivity contribution is 0.0342. The molecule has 2 saturated heterocycles. The largest absolute Gasteiger partial charge is 0.440 e. The Hall–Kier alpha value is -2.64. The molecule has 3 heterocycles. The highest BCUT2D eigenvalue weighted by molar-refractivity contribution is 5.94. The van der Waals surface area contributed by atoms with Crippen molar-refractivity contribution in [1.29, 1.82) is 0 Å². The molecule has 0 aliphatic carbocycles. The number of nitrogens with one attached hydrogen (secondary N) is 1. The number of rotatable bonds is 6. The first-order valence-corrected chi connectivity index (χ1v) is 10.4. The highest BCUT2D eigenvalue weighted by Crippen LogP contribution is 2.21. The SMILES string of the molecule is O=C(N/N=C\c1ccc(N2CCCCC2)o1)c1ccc(CN2CCOCC2)cc1. The molecular weight excluding hydrogens is 368 g/mol. The molecule has 0 spiro atoms. The number of hydrogen-bond acceptors (Lipinski definition) is 6. The van der Waals surface area contributed by atoms with E-state index in [2.05, 4.69) is 20.3 Å². The standard InChI is InChI=1S/C22H28N4O3/c27-22(19-6-4-18(5-7-19)17-25-12-14-28-15-13-25)24-23-16-20-8-9-21(29-20)26-10-2-1-3-11-26/h4-9,16H,1-3,10-15,17H2,(H,24,27)/b23-16-. The lowest BCUT2D eigenvalue weighted by Gasteiger charge is -2.26. The molecule has 1 aromatic carbocycles. The second kappa shape index (κ2) is 9.71. The molecule has 1 aromatic heterocycles. The van der Waals surface area contributed by atoms with E-state index in [4.69, 9.17) is 9.15 Å². The van der Waals surface area contributed by atoms with Gasteiger partial charge in [0.2, 0.25) is 0 Å². The van der Waals surface area contributed by atoms with Crippen LogP contribution < -0.4 is 10.3 Å². The van der Waals surface area contributed by atoms with E-state index in [0.29, 0.717) is 11.3 Å². The van der Waals surface area contributed by atoms with Gasteiger partial charge in [-0.15, -0.1) is 0 Å². The second-order valence-electron chi connectivity index (χ2n) is 7.51. The summed E-state index contributed by atoms with van der Waals surface area (Å²) in [4.78, 5) is 16.9. The maximum Gasteiger partial charge on any atom is 0.271 e. The zero-order chi connectivity index (χ0) is 19.9. The molecule has 1 N–H and O–H groups in total. The first kappa shape index (κ1) is 19.7. The van der Waals surface area contributed by atoms with Crippen LogP contribution in [0.5, 0.6) is 0 Å². The van der Waals surface area contributed by atoms with Gasteiger partial charge >= 0.3 is 0 Å². The van der Waals surface area contributed by atoms with Gasteiger partial charge in [0.05, 0.1) is 19.4 Å². The van der Waals surface area contributed by atoms with Crippen molar-refractivity contribution in [3.05, 3.63) is 53.3 Å². The van der Waals surface area contributed by atoms with Gasteiger partial charge in [-0.2, -0.15) is 5.10 Å². The normalized spacial score (nSPS) is 18.3. The summed E-state index contributed by atoms with van der Waals surface area (Å²) < 4.78 is 11.2. The number of amides is 1. The summed E-state index contributed by atoms with van der Waals surface area (Å²) in [6.45, 7) is 6.40. The fourth-order valence-electron chi connectivity index (χ4n) is 3.69. The first-order valence-electron chi connectivity index (χ1n) is 10.4. The monoisotopic (exact) mass is 396 g/mol. The van der Waals surface area contributed by atoms with Crippen LogP contribution in [0.1, 0.15) is 40.9 Å². The molecular formula is C22H28N4O3. The number of benzene rings is 1. The number of carbonyl (C=O) groups excluding carboxylic acids is 1. The number of hydrogen-bond donors (Lipinski definition) is 1. The van der Waals surface area contributed by atoms with Crippen LogP contribution in [0.2, 0.25) is 0 Å². The minimum Gasteiger partial charge on any atom is -0.440 e. The summed E-state index contributed by atoms with van der Waals surface area (Å²) in [6, 6.07) is 11.5. The van der Waals surface area contributed by atoms with Gasteiger partial charge in [0, 0.05) is 44.4 Å². The molecule has 2 fully saturated rings. The quantitative estimate of drug-likeness (QED) is 0.601. The Balaban J connectivity index is 1.27. The molecule has 1 amide bonds. The average Bonchev–Trinajstić information content (AvgIpc) is 3.24. The van der Waals surface area contributed by atoms with Gasteiger partial charge < -0.3 is 14.1 Å². The van der Waals surface area contributed by atoms with E-state index < -0.39 is 0 Å². The van der Waals surface area contributed by atoms with Crippen LogP contribution >= 0.6 is 0 Å². The number of ether oxygens (including phenoxy) is 1. The highest BCUT2D eigenvalue weighted by Gasteiger charge is 2.14. The first-order chi connectivity index (χ1) is 14.3. The van der Waals surface area contributed by atoms with Crippen molar-refractivity contribution in [2.45, 2.75) is 25.8 Å². The van der Waals surface area contributed by atoms with Crippen LogP contribution in [-0.2, 0) is 11.3 Å². The van der Waals surface area contributed by atoms with E-state index in [1.807, 2.05) is 36.4 Å². The van der Waals surface area contributed by atoms with E-state index in [9.17, 15) is 4.79 Å². The lowest BCUT2D eigenvalue weighted by Crippen LogP contribution is -2.35. The fourth-order valence-corrected chi connectivity index (χ4v) is 3.69. The van der Waals surface area contributed by atoms with Gasteiger partial charge in [-0.05, 0) is 43.0 Å². The van der Waals surface area contributed by atoms with Crippen molar-refractivity contribution in [2.75, 3.05) is 44.3 Å². The molecule has 7 heteroatoms. The van der Waals surface area contributed by atoms with Gasteiger partial charge in [-0.1, -0.05) is 12.1 Å². The number of morpholine rings is 1. The van der Waals surface area contributed by atoms with Gasteiger partial charge in [0.1, 0.15) is 5.76 Å². The van der Waals surface area contributed by atoms with Crippen LogP contribution in [0.15, 0.2) is 45.9 Å². The number of hydrazone groups is 1. The van der Waals surface area contributed by atoms with Crippen LogP contribution in [0.25, 0.3) is 0 Å². The van der Waals surface area contributed by atoms with E-state index in [-0.39, 0.29) is 5.91 Å². The summed E-state index contributed by atoms with van der Waals surface area (Å²) in [5.41, 5.74) is 4.34. The molecule has 0 atom stereocenters. The van der Waals surface area contributed by atoms with Gasteiger partial charge in [0.15, 0.2) is 5.88 Å². The van der Waals surface area contributed by atoms with Crippen molar-refractivity contribution in [2.24, 2.45) is 5.10 Å². The Morgan fingerprint density at radius 1 is 1.00 bits per heavy atom. The summed E-state index contributed by atoms with van der Waals surface area (Å²) in [5.74, 6) is 1.27. The third-order valence-electron chi connectivity index (χ3n) is 5.36. The van der Waals surface area contributed by atoms with Gasteiger partial charge in [-0.25, -0.2) is 5.43 Å². The zero-order valence-corrected chi connectivity index (χ0v) is 16.7. The Morgan fingerprint density at radius 3 is 2.52 bits per heavy atom. The van der Waals surface area contributed by atoms with Crippen molar-refractivity contribution in [1.82, 2.24) is 10.3 Å². The lowest BCUT2D eigenvalue weighted by atomic mass is 10.1. The topological polar surface area (TPSA) is 70.3 Å². The third-order valence-corrected chi connectivity index (χ3v) is 5.36. The Bertz CT molecular complexity index is 819. The van der Waals surface area contributed by atoms with Crippen LogP contribution in [0.3, 0.4) is 0 Å². The minimum atomic E-state index is -0.234. The number of nitrogens with zero attached hydrogens (tertiary/aromatic N) is 3. The van der Waals surface area contributed by atoms with E-state index in [0.717, 1.165) is 51.8 Å². The van der Waals surface area contributed by atoms with Crippen LogP contribution in [0, 0.1) is 0 Å². The molecule has 4 rings (SSSR count). The van der Waals surface area contributed by atoms with E-state index >= 15 is 0 Å². The van der Waals surface area contributed by atoms with Crippen molar-refractivity contribution in [3.63, 3.8) is 0 Å². The van der Waals surface area contributed by atoms with Crippen LogP contribution in [0.4, 0.5) is 5.88 Å². The predicted molar refractivity (Wildman–Crippen MR) is 112 cm³/mol. The Morgan fingerprint density at radius 2 is 1.76 bits per heavy atom. The molecule has 7 nitrogen and oxygen atoms in total. The molecule has 29 heavy (non-hydrogen) atoms. The Labute approximate surface area is 171 Å². The molecule has 0 radical (unpaired) electrons. The summed E-state index contributed by atoms with van der Waals surface area (Å²) in [6.07, 6.45) is 5.22. The summed E-state index contributed by atoms with van der Waals surface area (Å²) >= 11 is 0. The Kier molecular flexibility index (Phi) is 6.59. The molecule has 2 aliphatic rings. The van der Waals surface area contributed by atoms with Gasteiger partial charge in [-0.3, -0.25) is 9.69 Å². The van der Waals surface area contributed by atoms with E-state index in [1.54, 1.807) is 0 Å². The third kappa shape index (κ3) is 5.46. The number of piperidine rings is 1. The number of anilines is 1. The minimum absolute atomic E-state index is 0.234. The van der Waals surface area contributed by atoms with Crippen molar-refractivity contribution in [3.8, 4) is 0 Å². The van der Waals surface area contributed by atoms with Crippen molar-refractivity contribution < 1.29 is 13.9 Å². The van der Waals surface area contributed by atoms with E-state index in [1.165, 1.54) is 31.0 Å². The average molecular weight is 396 g/mol. The van der Waals surface area contributed by atoms with Gasteiger partial charge in [0.25, 0.3) is 5.91 Å². The maximum atomic E-state index is 12.3. The number of furan rings is 1. The second-order valence-corrected chi connectivity index (χ2v) is 7.51. The smallest absolute Gasteiger partial charge is 0.271 e. The zero-order valence-electron chi connectivity index (χ0n) is 16.7. The van der Waals surface area contributed by atoms with Crippen LogP contribution in [-0.4, -0.2) is 56.4 Å².